The van der Waals surface area contributed by atoms with E-state index in [0.29, 0.717) is 0 Å². The first kappa shape index (κ1) is 15.6. The van der Waals surface area contributed by atoms with Crippen LogP contribution in [0.3, 0.4) is 0 Å². The summed E-state index contributed by atoms with van der Waals surface area (Å²) < 4.78 is 30.1. The van der Waals surface area contributed by atoms with Crippen molar-refractivity contribution in [1.29, 1.82) is 0 Å². The molecule has 0 fully saturated rings. The van der Waals surface area contributed by atoms with Gasteiger partial charge in [0.15, 0.2) is 0 Å². The molecule has 0 saturated heterocycles. The van der Waals surface area contributed by atoms with Gasteiger partial charge in [-0.15, -0.1) is 0 Å². The summed E-state index contributed by atoms with van der Waals surface area (Å²) in [7, 11) is -4.05. The van der Waals surface area contributed by atoms with Crippen molar-refractivity contribution in [2.24, 2.45) is 0 Å². The molecule has 0 saturated carbocycles. The van der Waals surface area contributed by atoms with Gasteiger partial charge in [-0.3, -0.25) is 4.55 Å². The van der Waals surface area contributed by atoms with Crippen LogP contribution in [0.1, 0.15) is 12.0 Å². The molecule has 1 rings (SSSR count). The van der Waals surface area contributed by atoms with E-state index in [1.165, 1.54) is 12.1 Å². The Kier molecular flexibility index (Phi) is 7.32. The number of aryl methyl sites for hydroxylation is 1. The van der Waals surface area contributed by atoms with Gasteiger partial charge in [-0.25, -0.2) is 0 Å². The van der Waals surface area contributed by atoms with Crippen molar-refractivity contribution >= 4 is 55.6 Å². The molecule has 0 bridgehead atoms. The van der Waals surface area contributed by atoms with E-state index in [0.717, 1.165) is 23.7 Å². The number of hydrogen-bond donors (Lipinski definition) is 1. The van der Waals surface area contributed by atoms with Gasteiger partial charge in [0.2, 0.25) is 0 Å². The molecule has 1 aromatic carbocycles. The summed E-state index contributed by atoms with van der Waals surface area (Å²) >= 11 is 3.32. The summed E-state index contributed by atoms with van der Waals surface area (Å²) in [5.41, 5.74) is 1.07. The quantitative estimate of drug-likeness (QED) is 0.522. The van der Waals surface area contributed by atoms with Crippen LogP contribution in [0.25, 0.3) is 0 Å². The van der Waals surface area contributed by atoms with Gasteiger partial charge < -0.3 is 0 Å². The summed E-state index contributed by atoms with van der Waals surface area (Å²) in [6.07, 6.45) is 1.90. The molecule has 0 aromatic heterocycles. The fraction of sp³-hybridized carbons (Fsp3) is 0.333. The fourth-order valence-electron chi connectivity index (χ4n) is 1.10. The molecule has 0 unspecified atom stereocenters. The molecular weight excluding hydrogens is 291 g/mol. The normalized spacial score (nSPS) is 10.8. The molecule has 0 heterocycles. The predicted octanol–water partition coefficient (Wildman–Crippen LogP) is 1.61. The first-order valence-electron chi connectivity index (χ1n) is 4.16. The van der Waals surface area contributed by atoms with Crippen molar-refractivity contribution in [3.63, 3.8) is 0 Å². The molecule has 0 radical (unpaired) electrons. The second kappa shape index (κ2) is 7.04. The van der Waals surface area contributed by atoms with Crippen LogP contribution in [0, 0.1) is 0 Å². The molecule has 0 aliphatic rings. The summed E-state index contributed by atoms with van der Waals surface area (Å²) in [4.78, 5) is -0.0555. The molecule has 0 atom stereocenters. The Labute approximate surface area is 120 Å². The summed E-state index contributed by atoms with van der Waals surface area (Å²) in [6, 6.07) is 6.26. The minimum atomic E-state index is -4.05. The van der Waals surface area contributed by atoms with Crippen molar-refractivity contribution < 1.29 is 13.0 Å². The molecule has 1 N–H and O–H groups in total. The molecular formula is C9H12BrNaO3S. The Hall–Kier alpha value is 0.610. The summed E-state index contributed by atoms with van der Waals surface area (Å²) in [6.45, 7) is 0. The second-order valence-corrected chi connectivity index (χ2v) is 5.13. The van der Waals surface area contributed by atoms with E-state index in [-0.39, 0.29) is 34.5 Å². The van der Waals surface area contributed by atoms with Gasteiger partial charge in [0.05, 0.1) is 4.90 Å². The van der Waals surface area contributed by atoms with Crippen LogP contribution in [0.2, 0.25) is 0 Å². The molecule has 6 heteroatoms. The van der Waals surface area contributed by atoms with Crippen LogP contribution in [-0.4, -0.2) is 47.9 Å². The van der Waals surface area contributed by atoms with Gasteiger partial charge in [-0.05, 0) is 30.5 Å². The van der Waals surface area contributed by atoms with Gasteiger partial charge in [0.25, 0.3) is 10.1 Å². The minimum absolute atomic E-state index is 0. The average Bonchev–Trinajstić information content (AvgIpc) is 2.14. The third-order valence-corrected chi connectivity index (χ3v) is 3.25. The third-order valence-electron chi connectivity index (χ3n) is 1.82. The van der Waals surface area contributed by atoms with E-state index in [9.17, 15) is 8.42 Å². The maximum absolute atomic E-state index is 10.7. The van der Waals surface area contributed by atoms with E-state index < -0.39 is 10.1 Å². The SMILES string of the molecule is O=S(=O)(O)c1ccc(CCCBr)cc1.[NaH]. The number of alkyl halides is 1. The predicted molar refractivity (Wildman–Crippen MR) is 65.5 cm³/mol. The maximum atomic E-state index is 10.7. The van der Waals surface area contributed by atoms with E-state index in [2.05, 4.69) is 15.9 Å². The van der Waals surface area contributed by atoms with Crippen molar-refractivity contribution in [1.82, 2.24) is 0 Å². The molecule has 80 valence electrons. The van der Waals surface area contributed by atoms with Gasteiger partial charge >= 0.3 is 29.6 Å². The number of rotatable bonds is 4. The molecule has 0 spiro atoms. The Bertz CT molecular complexity index is 388. The first-order chi connectivity index (χ1) is 6.54. The standard InChI is InChI=1S/C9H11BrO3S.Na.H/c10-7-1-2-8-3-5-9(6-4-8)14(11,12)13;;/h3-6H,1-2,7H2,(H,11,12,13);;. The fourth-order valence-corrected chi connectivity index (χ4v) is 1.86. The average molecular weight is 303 g/mol. The van der Waals surface area contributed by atoms with E-state index in [1.807, 2.05) is 0 Å². The van der Waals surface area contributed by atoms with E-state index >= 15 is 0 Å². The summed E-state index contributed by atoms with van der Waals surface area (Å²) in [5, 5.41) is 0.924. The molecule has 0 aliphatic heterocycles. The summed E-state index contributed by atoms with van der Waals surface area (Å²) in [5.74, 6) is 0. The van der Waals surface area contributed by atoms with Crippen LogP contribution in [-0.2, 0) is 16.5 Å². The monoisotopic (exact) mass is 302 g/mol. The number of benzene rings is 1. The van der Waals surface area contributed by atoms with Crippen LogP contribution in [0.5, 0.6) is 0 Å². The van der Waals surface area contributed by atoms with E-state index in [1.54, 1.807) is 12.1 Å². The Morgan fingerprint density at radius 2 is 1.73 bits per heavy atom. The third kappa shape index (κ3) is 5.47. The number of halogens is 1. The van der Waals surface area contributed by atoms with E-state index in [4.69, 9.17) is 4.55 Å². The van der Waals surface area contributed by atoms with Crippen molar-refractivity contribution in [3.8, 4) is 0 Å². The van der Waals surface area contributed by atoms with Crippen molar-refractivity contribution in [2.45, 2.75) is 17.7 Å². The van der Waals surface area contributed by atoms with Gasteiger partial charge in [-0.1, -0.05) is 28.1 Å². The molecule has 15 heavy (non-hydrogen) atoms. The van der Waals surface area contributed by atoms with Gasteiger partial charge in [0.1, 0.15) is 0 Å². The Morgan fingerprint density at radius 1 is 1.20 bits per heavy atom. The molecule has 1 aromatic rings. The zero-order valence-electron chi connectivity index (χ0n) is 7.48. The molecule has 3 nitrogen and oxygen atoms in total. The first-order valence-corrected chi connectivity index (χ1v) is 6.72. The topological polar surface area (TPSA) is 54.4 Å². The Balaban J connectivity index is 0.00000196. The van der Waals surface area contributed by atoms with Gasteiger partial charge in [-0.2, -0.15) is 8.42 Å². The van der Waals surface area contributed by atoms with Crippen molar-refractivity contribution in [3.05, 3.63) is 29.8 Å². The number of hydrogen-bond acceptors (Lipinski definition) is 2. The van der Waals surface area contributed by atoms with Crippen molar-refractivity contribution in [2.75, 3.05) is 5.33 Å². The van der Waals surface area contributed by atoms with Crippen LogP contribution < -0.4 is 0 Å². The molecule has 0 amide bonds. The zero-order chi connectivity index (χ0) is 10.6. The Morgan fingerprint density at radius 3 is 2.13 bits per heavy atom. The van der Waals surface area contributed by atoms with Gasteiger partial charge in [0, 0.05) is 5.33 Å². The zero-order valence-corrected chi connectivity index (χ0v) is 9.88. The van der Waals surface area contributed by atoms with Crippen LogP contribution in [0.15, 0.2) is 29.2 Å². The van der Waals surface area contributed by atoms with Crippen LogP contribution >= 0.6 is 15.9 Å². The molecule has 0 aliphatic carbocycles. The second-order valence-electron chi connectivity index (χ2n) is 2.91. The van der Waals surface area contributed by atoms with Crippen LogP contribution in [0.4, 0.5) is 0 Å².